The second-order valence-electron chi connectivity index (χ2n) is 2.37. The van der Waals surface area contributed by atoms with Crippen molar-refractivity contribution in [3.63, 3.8) is 0 Å². The molecule has 0 amide bonds. The minimum Gasteiger partial charge on any atom is -0.168 e. The number of halogens is 3. The van der Waals surface area contributed by atoms with E-state index in [9.17, 15) is 0 Å². The van der Waals surface area contributed by atoms with Gasteiger partial charge in [0.2, 0.25) is 0 Å². The van der Waals surface area contributed by atoms with Crippen molar-refractivity contribution >= 4 is 36.3 Å². The van der Waals surface area contributed by atoms with Crippen LogP contribution in [-0.2, 0) is 18.2 Å². The van der Waals surface area contributed by atoms with Crippen molar-refractivity contribution in [2.24, 2.45) is 0 Å². The van der Waals surface area contributed by atoms with Crippen molar-refractivity contribution in [2.75, 3.05) is 0 Å². The zero-order valence-corrected chi connectivity index (χ0v) is 12.4. The van der Waals surface area contributed by atoms with E-state index in [-0.39, 0.29) is 7.43 Å². The molecule has 0 heterocycles. The Morgan fingerprint density at radius 1 is 1.00 bits per heavy atom. The molecule has 0 bridgehead atoms. The first-order chi connectivity index (χ1) is 6.20. The first kappa shape index (κ1) is 14.6. The molecule has 0 unspecified atom stereocenters. The molecule has 0 saturated heterocycles. The Morgan fingerprint density at radius 3 is 2.14 bits per heavy atom. The van der Waals surface area contributed by atoms with Crippen LogP contribution in [0.4, 0.5) is 0 Å². The molecule has 14 heavy (non-hydrogen) atoms. The van der Waals surface area contributed by atoms with Gasteiger partial charge in [-0.15, -0.1) is 29.7 Å². The first-order valence-corrected chi connectivity index (χ1v) is 13.1. The fourth-order valence-electron chi connectivity index (χ4n) is 1.07. The quantitative estimate of drug-likeness (QED) is 0.592. The Balaban J connectivity index is 0.000000299. The first-order valence-electron chi connectivity index (χ1n) is 3.64. The van der Waals surface area contributed by atoms with Crippen LogP contribution in [0.2, 0.25) is 0 Å². The normalized spacial score (nSPS) is 8.50. The zero-order valence-electron chi connectivity index (χ0n) is 7.68. The van der Waals surface area contributed by atoms with Crippen molar-refractivity contribution in [1.29, 1.82) is 0 Å². The third kappa shape index (κ3) is 5.46. The molecule has 4 heteroatoms. The molecular weight excluding hydrogens is 318 g/mol. The molecule has 0 N–H and O–H groups in total. The van der Waals surface area contributed by atoms with Gasteiger partial charge < -0.3 is 7.43 Å². The predicted molar refractivity (Wildman–Crippen MR) is 63.5 cm³/mol. The van der Waals surface area contributed by atoms with Gasteiger partial charge in [0, 0.05) is 0 Å². The molecule has 0 aliphatic carbocycles. The smallest absolute Gasteiger partial charge is 0.0809 e. The number of fused-ring (bicyclic) bond motifs is 1. The van der Waals surface area contributed by atoms with Crippen LogP contribution in [0.3, 0.4) is 0 Å². The molecule has 0 spiro atoms. The van der Waals surface area contributed by atoms with Gasteiger partial charge in [-0.2, -0.15) is 17.5 Å². The largest absolute Gasteiger partial charge is 0.168 e. The molecule has 0 aromatic heterocycles. The molecule has 2 aromatic rings. The Morgan fingerprint density at radius 2 is 1.57 bits per heavy atom. The standard InChI is InChI=1S/C9H7.CH3.3ClH.Zr/c1-2-5-9-7-3-6-8(9)4-1;;;;;/h1-7H;1H3;3*1H;/q2*-1;;;;+3/p-3. The van der Waals surface area contributed by atoms with Crippen LogP contribution in [0, 0.1) is 7.43 Å². The van der Waals surface area contributed by atoms with Crippen molar-refractivity contribution in [3.05, 3.63) is 49.9 Å². The Hall–Kier alpha value is 0.583. The van der Waals surface area contributed by atoms with Crippen LogP contribution in [0.25, 0.3) is 10.8 Å². The zero-order chi connectivity index (χ0) is 9.68. The summed E-state index contributed by atoms with van der Waals surface area (Å²) in [7, 11) is 15.0. The molecule has 0 radical (unpaired) electrons. The van der Waals surface area contributed by atoms with Crippen LogP contribution >= 0.6 is 25.5 Å². The summed E-state index contributed by atoms with van der Waals surface area (Å²) in [6, 6.07) is 14.7. The van der Waals surface area contributed by atoms with Gasteiger partial charge in [-0.05, 0) is 0 Å². The summed E-state index contributed by atoms with van der Waals surface area (Å²) < 4.78 is 0. The van der Waals surface area contributed by atoms with Gasteiger partial charge in [0.1, 0.15) is 0 Å². The molecule has 0 saturated carbocycles. The third-order valence-electron chi connectivity index (χ3n) is 1.55. The molecule has 2 aromatic carbocycles. The van der Waals surface area contributed by atoms with Crippen LogP contribution in [0.15, 0.2) is 42.5 Å². The van der Waals surface area contributed by atoms with Crippen molar-refractivity contribution in [3.8, 4) is 0 Å². The topological polar surface area (TPSA) is 0 Å². The molecule has 0 fully saturated rings. The van der Waals surface area contributed by atoms with E-state index in [0.717, 1.165) is 0 Å². The van der Waals surface area contributed by atoms with Crippen LogP contribution in [0.5, 0.6) is 0 Å². The average molecular weight is 328 g/mol. The summed E-state index contributed by atoms with van der Waals surface area (Å²) >= 11 is -2.13. The Labute approximate surface area is 103 Å². The monoisotopic (exact) mass is 325 g/mol. The van der Waals surface area contributed by atoms with E-state index in [2.05, 4.69) is 42.5 Å². The fourth-order valence-corrected chi connectivity index (χ4v) is 1.07. The summed E-state index contributed by atoms with van der Waals surface area (Å²) in [6.45, 7) is 0. The van der Waals surface area contributed by atoms with Crippen LogP contribution in [-0.4, -0.2) is 0 Å². The SMILES string of the molecule is [CH3-].[Cl][Zr]([Cl])[Cl].c1ccc2[cH-]ccc2c1. The summed E-state index contributed by atoms with van der Waals surface area (Å²) in [4.78, 5) is 0. The number of hydrogen-bond acceptors (Lipinski definition) is 0. The van der Waals surface area contributed by atoms with Gasteiger partial charge in [0.25, 0.3) is 0 Å². The van der Waals surface area contributed by atoms with E-state index in [0.29, 0.717) is 0 Å². The summed E-state index contributed by atoms with van der Waals surface area (Å²) in [5.74, 6) is 0. The van der Waals surface area contributed by atoms with E-state index in [1.807, 2.05) is 0 Å². The van der Waals surface area contributed by atoms with Crippen molar-refractivity contribution < 1.29 is 18.2 Å². The number of rotatable bonds is 0. The van der Waals surface area contributed by atoms with E-state index < -0.39 is 18.2 Å². The molecule has 77 valence electrons. The molecule has 0 aliphatic rings. The molecular formula is C10H10Cl3Zr-2. The minimum absolute atomic E-state index is 0. The average Bonchev–Trinajstić information content (AvgIpc) is 2.49. The third-order valence-corrected chi connectivity index (χ3v) is 1.55. The van der Waals surface area contributed by atoms with Crippen molar-refractivity contribution in [2.45, 2.75) is 0 Å². The maximum Gasteiger partial charge on any atom is -0.0809 e. The molecule has 0 nitrogen and oxygen atoms in total. The van der Waals surface area contributed by atoms with Gasteiger partial charge in [0.15, 0.2) is 0 Å². The maximum atomic E-state index is 5.00. The summed E-state index contributed by atoms with van der Waals surface area (Å²) in [5.41, 5.74) is 0. The fraction of sp³-hybridized carbons (Fsp3) is 0. The van der Waals surface area contributed by atoms with Gasteiger partial charge in [-0.3, -0.25) is 0 Å². The van der Waals surface area contributed by atoms with E-state index in [4.69, 9.17) is 25.5 Å². The van der Waals surface area contributed by atoms with Gasteiger partial charge in [-0.1, -0.05) is 6.07 Å². The van der Waals surface area contributed by atoms with E-state index in [1.54, 1.807) is 0 Å². The van der Waals surface area contributed by atoms with Crippen LogP contribution in [0.1, 0.15) is 0 Å². The molecule has 0 aliphatic heterocycles. The van der Waals surface area contributed by atoms with Gasteiger partial charge in [-0.25, -0.2) is 0 Å². The minimum atomic E-state index is -2.13. The second kappa shape index (κ2) is 7.82. The van der Waals surface area contributed by atoms with Crippen molar-refractivity contribution in [1.82, 2.24) is 0 Å². The molecule has 2 rings (SSSR count). The Kier molecular flexibility index (Phi) is 8.15. The second-order valence-corrected chi connectivity index (χ2v) is 13.6. The van der Waals surface area contributed by atoms with Gasteiger partial charge in [0.05, 0.1) is 0 Å². The number of benzene rings is 1. The van der Waals surface area contributed by atoms with Crippen LogP contribution < -0.4 is 0 Å². The molecule has 0 atom stereocenters. The Bertz CT molecular complexity index is 324. The van der Waals surface area contributed by atoms with E-state index >= 15 is 0 Å². The number of hydrogen-bond donors (Lipinski definition) is 0. The predicted octanol–water partition coefficient (Wildman–Crippen LogP) is 5.07. The van der Waals surface area contributed by atoms with Gasteiger partial charge >= 0.3 is 43.7 Å². The maximum absolute atomic E-state index is 5.00. The van der Waals surface area contributed by atoms with E-state index in [1.165, 1.54) is 10.8 Å². The summed E-state index contributed by atoms with van der Waals surface area (Å²) in [5, 5.41) is 2.66. The summed E-state index contributed by atoms with van der Waals surface area (Å²) in [6.07, 6.45) is 0.